The van der Waals surface area contributed by atoms with E-state index in [0.29, 0.717) is 4.88 Å². The minimum absolute atomic E-state index is 0.0305. The average Bonchev–Trinajstić information content (AvgIpc) is 3.02. The maximum absolute atomic E-state index is 12.3. The average molecular weight is 342 g/mol. The highest BCUT2D eigenvalue weighted by molar-refractivity contribution is 7.10. The lowest BCUT2D eigenvalue weighted by Crippen LogP contribution is -2.40. The molecule has 23 heavy (non-hydrogen) atoms. The molecule has 3 N–H and O–H groups in total. The Morgan fingerprint density at radius 1 is 1.35 bits per heavy atom. The van der Waals surface area contributed by atoms with E-state index in [1.54, 1.807) is 25.1 Å². The molecule has 2 rings (SSSR count). The van der Waals surface area contributed by atoms with Crippen LogP contribution >= 0.6 is 11.3 Å². The van der Waals surface area contributed by atoms with E-state index in [1.165, 1.54) is 29.5 Å². The normalized spacial score (nSPS) is 13.4. The lowest BCUT2D eigenvalue weighted by atomic mass is 10.1. The van der Waals surface area contributed by atoms with Crippen LogP contribution in [0.3, 0.4) is 0 Å². The van der Waals surface area contributed by atoms with Crippen molar-refractivity contribution >= 4 is 23.1 Å². The van der Waals surface area contributed by atoms with Gasteiger partial charge in [-0.2, -0.15) is 8.78 Å². The number of urea groups is 1. The molecule has 0 saturated carbocycles. The highest BCUT2D eigenvalue weighted by atomic mass is 32.1. The van der Waals surface area contributed by atoms with Gasteiger partial charge in [0.2, 0.25) is 0 Å². The summed E-state index contributed by atoms with van der Waals surface area (Å²) in [4.78, 5) is 12.6. The molecule has 0 bridgehead atoms. The monoisotopic (exact) mass is 342 g/mol. The predicted octanol–water partition coefficient (Wildman–Crippen LogP) is 3.38. The van der Waals surface area contributed by atoms with Crippen molar-refractivity contribution in [3.8, 4) is 5.75 Å². The number of ether oxygens (including phenoxy) is 1. The fourth-order valence-electron chi connectivity index (χ4n) is 1.86. The summed E-state index contributed by atoms with van der Waals surface area (Å²) in [6.07, 6.45) is 0. The molecule has 0 aliphatic carbocycles. The second-order valence-electron chi connectivity index (χ2n) is 4.93. The van der Waals surface area contributed by atoms with Crippen LogP contribution in [0.2, 0.25) is 0 Å². The van der Waals surface area contributed by atoms with E-state index in [4.69, 9.17) is 0 Å². The smallest absolute Gasteiger partial charge is 0.387 e. The van der Waals surface area contributed by atoms with E-state index in [9.17, 15) is 18.7 Å². The lowest BCUT2D eigenvalue weighted by molar-refractivity contribution is -0.0493. The summed E-state index contributed by atoms with van der Waals surface area (Å²) in [5.74, 6) is -0.136. The minimum Gasteiger partial charge on any atom is -0.433 e. The molecule has 2 aromatic rings. The number of rotatable bonds is 6. The van der Waals surface area contributed by atoms with Crippen molar-refractivity contribution in [2.45, 2.75) is 19.1 Å². The Morgan fingerprint density at radius 3 is 2.74 bits per heavy atom. The number of nitrogens with one attached hydrogen (secondary N) is 2. The first kappa shape index (κ1) is 17.2. The van der Waals surface area contributed by atoms with Crippen molar-refractivity contribution in [1.29, 1.82) is 0 Å². The van der Waals surface area contributed by atoms with Crippen LogP contribution in [-0.4, -0.2) is 24.3 Å². The van der Waals surface area contributed by atoms with Gasteiger partial charge in [-0.15, -0.1) is 11.3 Å². The molecule has 1 unspecified atom stereocenters. The van der Waals surface area contributed by atoms with Crippen LogP contribution in [0, 0.1) is 0 Å². The molecule has 0 spiro atoms. The van der Waals surface area contributed by atoms with E-state index in [1.807, 2.05) is 5.38 Å². The number of amides is 2. The van der Waals surface area contributed by atoms with Gasteiger partial charge in [-0.3, -0.25) is 0 Å². The first-order valence-corrected chi connectivity index (χ1v) is 7.61. The SMILES string of the molecule is CC(O)(CNC(=O)Nc1ccccc1OC(F)F)c1cccs1. The third-order valence-corrected chi connectivity index (χ3v) is 4.12. The number of anilines is 1. The van der Waals surface area contributed by atoms with Crippen molar-refractivity contribution in [3.05, 3.63) is 46.7 Å². The number of thiophene rings is 1. The van der Waals surface area contributed by atoms with Gasteiger partial charge in [0.05, 0.1) is 12.2 Å². The molecule has 0 aliphatic rings. The maximum Gasteiger partial charge on any atom is 0.387 e. The van der Waals surface area contributed by atoms with Crippen LogP contribution in [0.25, 0.3) is 0 Å². The van der Waals surface area contributed by atoms with Crippen molar-refractivity contribution in [2.24, 2.45) is 0 Å². The van der Waals surface area contributed by atoms with Gasteiger partial charge in [0.15, 0.2) is 0 Å². The van der Waals surface area contributed by atoms with Crippen molar-refractivity contribution in [2.75, 3.05) is 11.9 Å². The van der Waals surface area contributed by atoms with Gasteiger partial charge in [-0.25, -0.2) is 4.79 Å². The van der Waals surface area contributed by atoms with Gasteiger partial charge in [0.25, 0.3) is 0 Å². The topological polar surface area (TPSA) is 70.6 Å². The molecule has 1 aromatic carbocycles. The van der Waals surface area contributed by atoms with E-state index >= 15 is 0 Å². The van der Waals surface area contributed by atoms with E-state index in [2.05, 4.69) is 15.4 Å². The third-order valence-electron chi connectivity index (χ3n) is 3.00. The summed E-state index contributed by atoms with van der Waals surface area (Å²) in [7, 11) is 0. The first-order chi connectivity index (χ1) is 10.9. The fourth-order valence-corrected chi connectivity index (χ4v) is 2.65. The van der Waals surface area contributed by atoms with Gasteiger partial charge in [0.1, 0.15) is 11.4 Å². The summed E-state index contributed by atoms with van der Waals surface area (Å²) in [5.41, 5.74) is -1.11. The van der Waals surface area contributed by atoms with Crippen LogP contribution in [-0.2, 0) is 5.60 Å². The Bertz CT molecular complexity index is 648. The Labute approximate surface area is 135 Å². The number of para-hydroxylation sites is 2. The number of halogens is 2. The number of carbonyl (C=O) groups is 1. The second-order valence-corrected chi connectivity index (χ2v) is 5.88. The van der Waals surface area contributed by atoms with Crippen LogP contribution in [0.15, 0.2) is 41.8 Å². The quantitative estimate of drug-likeness (QED) is 0.754. The fraction of sp³-hybridized carbons (Fsp3) is 0.267. The molecule has 1 atom stereocenters. The van der Waals surface area contributed by atoms with Gasteiger partial charge in [-0.05, 0) is 30.5 Å². The summed E-state index contributed by atoms with van der Waals surface area (Å²) in [6.45, 7) is -1.44. The molecule has 8 heteroatoms. The largest absolute Gasteiger partial charge is 0.433 e. The molecule has 1 aromatic heterocycles. The van der Waals surface area contributed by atoms with Crippen molar-refractivity contribution in [3.63, 3.8) is 0 Å². The highest BCUT2D eigenvalue weighted by Gasteiger charge is 2.25. The standard InChI is InChI=1S/C15H16F2N2O3S/c1-15(21,12-7-4-8-23-12)9-18-14(20)19-10-5-2-3-6-11(10)22-13(16)17/h2-8,13,21H,9H2,1H3,(H2,18,19,20). The molecular formula is C15H16F2N2O3S. The summed E-state index contributed by atoms with van der Waals surface area (Å²) in [5, 5.41) is 17.0. The number of aliphatic hydroxyl groups is 1. The van der Waals surface area contributed by atoms with E-state index in [0.717, 1.165) is 0 Å². The Balaban J connectivity index is 1.95. The zero-order chi connectivity index (χ0) is 16.9. The van der Waals surface area contributed by atoms with Gasteiger partial charge in [0, 0.05) is 4.88 Å². The number of hydrogen-bond acceptors (Lipinski definition) is 4. The highest BCUT2D eigenvalue weighted by Crippen LogP contribution is 2.26. The van der Waals surface area contributed by atoms with Crippen LogP contribution < -0.4 is 15.4 Å². The zero-order valence-electron chi connectivity index (χ0n) is 12.3. The van der Waals surface area contributed by atoms with E-state index < -0.39 is 18.2 Å². The Kier molecular flexibility index (Phi) is 5.51. The third kappa shape index (κ3) is 4.90. The minimum atomic E-state index is -2.99. The Hall–Kier alpha value is -2.19. The molecule has 1 heterocycles. The molecule has 124 valence electrons. The zero-order valence-corrected chi connectivity index (χ0v) is 13.1. The second kappa shape index (κ2) is 7.38. The van der Waals surface area contributed by atoms with Crippen LogP contribution in [0.4, 0.5) is 19.3 Å². The summed E-state index contributed by atoms with van der Waals surface area (Å²) >= 11 is 1.37. The number of alkyl halides is 2. The first-order valence-electron chi connectivity index (χ1n) is 6.73. The molecule has 0 aliphatic heterocycles. The van der Waals surface area contributed by atoms with Gasteiger partial charge in [-0.1, -0.05) is 18.2 Å². The molecule has 0 radical (unpaired) electrons. The molecule has 5 nitrogen and oxygen atoms in total. The number of hydrogen-bond donors (Lipinski definition) is 3. The number of carbonyl (C=O) groups excluding carboxylic acids is 1. The predicted molar refractivity (Wildman–Crippen MR) is 84.0 cm³/mol. The molecule has 2 amide bonds. The number of benzene rings is 1. The van der Waals surface area contributed by atoms with Crippen molar-refractivity contribution in [1.82, 2.24) is 5.32 Å². The lowest BCUT2D eigenvalue weighted by Gasteiger charge is -2.22. The molecule has 0 saturated heterocycles. The Morgan fingerprint density at radius 2 is 2.09 bits per heavy atom. The van der Waals surface area contributed by atoms with Crippen molar-refractivity contribution < 1.29 is 23.4 Å². The summed E-state index contributed by atoms with van der Waals surface area (Å²) < 4.78 is 29.0. The maximum atomic E-state index is 12.3. The summed E-state index contributed by atoms with van der Waals surface area (Å²) in [6, 6.07) is 8.78. The van der Waals surface area contributed by atoms with Gasteiger partial charge >= 0.3 is 12.6 Å². The molecule has 0 fully saturated rings. The van der Waals surface area contributed by atoms with Crippen LogP contribution in [0.1, 0.15) is 11.8 Å². The van der Waals surface area contributed by atoms with Crippen LogP contribution in [0.5, 0.6) is 5.75 Å². The van der Waals surface area contributed by atoms with E-state index in [-0.39, 0.29) is 18.0 Å². The van der Waals surface area contributed by atoms with Gasteiger partial charge < -0.3 is 20.5 Å². The molecular weight excluding hydrogens is 326 g/mol.